The molecule has 3 heteroatoms. The Morgan fingerprint density at radius 3 is 2.16 bits per heavy atom. The van der Waals surface area contributed by atoms with Crippen molar-refractivity contribution < 1.29 is 14.7 Å². The van der Waals surface area contributed by atoms with Crippen molar-refractivity contribution >= 4 is 23.2 Å². The van der Waals surface area contributed by atoms with Crippen LogP contribution >= 0.6 is 0 Å². The number of rotatable bonds is 1. The molecule has 0 aromatic heterocycles. The van der Waals surface area contributed by atoms with Gasteiger partial charge in [-0.3, -0.25) is 9.59 Å². The molecule has 2 aromatic carbocycles. The molecule has 0 aliphatic heterocycles. The quantitative estimate of drug-likeness (QED) is 0.625. The van der Waals surface area contributed by atoms with Crippen LogP contribution in [0.2, 0.25) is 0 Å². The van der Waals surface area contributed by atoms with Gasteiger partial charge in [0.05, 0.1) is 0 Å². The molecule has 0 saturated heterocycles. The average molecular weight is 250 g/mol. The van der Waals surface area contributed by atoms with Gasteiger partial charge < -0.3 is 5.11 Å². The van der Waals surface area contributed by atoms with Gasteiger partial charge in [0.15, 0.2) is 0 Å². The van der Waals surface area contributed by atoms with Gasteiger partial charge in [-0.15, -0.1) is 0 Å². The monoisotopic (exact) mass is 250 g/mol. The molecule has 0 radical (unpaired) electrons. The number of phenolic OH excluding ortho intramolecular Hbond substituents is 1. The molecule has 0 atom stereocenters. The van der Waals surface area contributed by atoms with Crippen LogP contribution in [0.3, 0.4) is 0 Å². The van der Waals surface area contributed by atoms with Gasteiger partial charge in [-0.2, -0.15) is 0 Å². The Kier molecular flexibility index (Phi) is 2.53. The summed E-state index contributed by atoms with van der Waals surface area (Å²) in [5.41, 5.74) is 1.91. The van der Waals surface area contributed by atoms with Crippen LogP contribution in [0, 0.1) is 0 Å². The van der Waals surface area contributed by atoms with E-state index in [2.05, 4.69) is 0 Å². The number of ketones is 2. The number of allylic oxidation sites excluding steroid dienone is 1. The lowest BCUT2D eigenvalue weighted by Crippen LogP contribution is -2.05. The van der Waals surface area contributed by atoms with Crippen LogP contribution in [0.1, 0.15) is 21.5 Å². The Morgan fingerprint density at radius 2 is 1.42 bits per heavy atom. The minimum atomic E-state index is -0.524. The molecular formula is C16H10O3. The van der Waals surface area contributed by atoms with Gasteiger partial charge in [0.1, 0.15) is 5.75 Å². The Morgan fingerprint density at radius 1 is 0.789 bits per heavy atom. The molecule has 19 heavy (non-hydrogen) atoms. The second kappa shape index (κ2) is 4.21. The van der Waals surface area contributed by atoms with Crippen LogP contribution in [0.15, 0.2) is 48.5 Å². The molecule has 3 nitrogen and oxygen atoms in total. The minimum Gasteiger partial charge on any atom is -0.507 e. The molecule has 0 amide bonds. The molecule has 1 N–H and O–H groups in total. The van der Waals surface area contributed by atoms with E-state index < -0.39 is 11.6 Å². The topological polar surface area (TPSA) is 54.4 Å². The molecule has 0 spiro atoms. The van der Waals surface area contributed by atoms with E-state index in [-0.39, 0.29) is 5.75 Å². The van der Waals surface area contributed by atoms with E-state index in [0.717, 1.165) is 0 Å². The van der Waals surface area contributed by atoms with Gasteiger partial charge in [0.25, 0.3) is 0 Å². The summed E-state index contributed by atoms with van der Waals surface area (Å²) in [7, 11) is 0. The van der Waals surface area contributed by atoms with Crippen LogP contribution in [0.4, 0.5) is 0 Å². The summed E-state index contributed by atoms with van der Waals surface area (Å²) in [5.74, 6) is -0.929. The summed E-state index contributed by atoms with van der Waals surface area (Å²) < 4.78 is 0. The maximum absolute atomic E-state index is 12.0. The molecule has 0 heterocycles. The lowest BCUT2D eigenvalue weighted by atomic mass is 10.0. The molecule has 0 saturated carbocycles. The standard InChI is InChI=1S/C16H10O3/c17-14-8-4-1-5-10(14)9-13-11-6-2-3-7-12(11)15(18)16(13)19/h1-9,17H/b13-9-. The molecule has 0 fully saturated rings. The maximum atomic E-state index is 12.0. The Labute approximate surface area is 109 Å². The smallest absolute Gasteiger partial charge is 0.234 e. The molecule has 2 aromatic rings. The van der Waals surface area contributed by atoms with Crippen molar-refractivity contribution in [3.8, 4) is 5.75 Å². The molecule has 92 valence electrons. The maximum Gasteiger partial charge on any atom is 0.234 e. The predicted octanol–water partition coefficient (Wildman–Crippen LogP) is 2.70. The highest BCUT2D eigenvalue weighted by molar-refractivity contribution is 6.64. The highest BCUT2D eigenvalue weighted by Gasteiger charge is 2.32. The van der Waals surface area contributed by atoms with E-state index >= 15 is 0 Å². The van der Waals surface area contributed by atoms with E-state index in [1.165, 1.54) is 0 Å². The predicted molar refractivity (Wildman–Crippen MR) is 71.8 cm³/mol. The van der Waals surface area contributed by atoms with E-state index in [1.54, 1.807) is 54.6 Å². The van der Waals surface area contributed by atoms with E-state index in [0.29, 0.717) is 22.3 Å². The Bertz CT molecular complexity index is 726. The largest absolute Gasteiger partial charge is 0.507 e. The minimum absolute atomic E-state index is 0.0830. The Balaban J connectivity index is 2.19. The third kappa shape index (κ3) is 1.76. The SMILES string of the molecule is O=C1C(=O)c2ccccc2/C1=C/c1ccccc1O. The van der Waals surface area contributed by atoms with Gasteiger partial charge in [-0.05, 0) is 17.7 Å². The van der Waals surface area contributed by atoms with Crippen molar-refractivity contribution in [3.63, 3.8) is 0 Å². The summed E-state index contributed by atoms with van der Waals surface area (Å²) in [6, 6.07) is 13.6. The number of aromatic hydroxyl groups is 1. The Hall–Kier alpha value is -2.68. The fraction of sp³-hybridized carbons (Fsp3) is 0. The molecule has 0 bridgehead atoms. The highest BCUT2D eigenvalue weighted by Crippen LogP contribution is 2.32. The first-order chi connectivity index (χ1) is 9.18. The first kappa shape index (κ1) is 11.4. The van der Waals surface area contributed by atoms with Gasteiger partial charge in [0.2, 0.25) is 11.6 Å². The van der Waals surface area contributed by atoms with Gasteiger partial charge in [-0.25, -0.2) is 0 Å². The third-order valence-corrected chi connectivity index (χ3v) is 3.15. The number of phenols is 1. The number of hydrogen-bond donors (Lipinski definition) is 1. The fourth-order valence-corrected chi connectivity index (χ4v) is 2.19. The van der Waals surface area contributed by atoms with Crippen molar-refractivity contribution in [3.05, 3.63) is 65.2 Å². The zero-order valence-corrected chi connectivity index (χ0v) is 9.96. The summed E-state index contributed by atoms with van der Waals surface area (Å²) in [6.07, 6.45) is 1.56. The summed E-state index contributed by atoms with van der Waals surface area (Å²) in [5, 5.41) is 9.73. The van der Waals surface area contributed by atoms with Crippen LogP contribution in [-0.4, -0.2) is 16.7 Å². The molecule has 1 aliphatic carbocycles. The number of Topliss-reactive ketones (excluding diaryl/α,β-unsaturated/α-hetero) is 2. The van der Waals surface area contributed by atoms with Crippen molar-refractivity contribution in [2.75, 3.05) is 0 Å². The summed E-state index contributed by atoms with van der Waals surface area (Å²) in [6.45, 7) is 0. The third-order valence-electron chi connectivity index (χ3n) is 3.15. The molecule has 0 unspecified atom stereocenters. The number of benzene rings is 2. The highest BCUT2D eigenvalue weighted by atomic mass is 16.3. The first-order valence-electron chi connectivity index (χ1n) is 5.86. The molecular weight excluding hydrogens is 240 g/mol. The summed E-state index contributed by atoms with van der Waals surface area (Å²) >= 11 is 0. The number of fused-ring (bicyclic) bond motifs is 1. The van der Waals surface area contributed by atoms with Crippen LogP contribution < -0.4 is 0 Å². The molecule has 1 aliphatic rings. The number of hydrogen-bond acceptors (Lipinski definition) is 3. The average Bonchev–Trinajstić information content (AvgIpc) is 2.67. The van der Waals surface area contributed by atoms with Crippen LogP contribution in [-0.2, 0) is 4.79 Å². The van der Waals surface area contributed by atoms with Gasteiger partial charge in [0, 0.05) is 16.7 Å². The fourth-order valence-electron chi connectivity index (χ4n) is 2.19. The van der Waals surface area contributed by atoms with Crippen molar-refractivity contribution in [2.24, 2.45) is 0 Å². The zero-order chi connectivity index (χ0) is 13.4. The van der Waals surface area contributed by atoms with Crippen LogP contribution in [0.5, 0.6) is 5.75 Å². The second-order valence-electron chi connectivity index (χ2n) is 4.32. The normalized spacial score (nSPS) is 15.9. The van der Waals surface area contributed by atoms with E-state index in [1.807, 2.05) is 0 Å². The number of carbonyl (C=O) groups excluding carboxylic acids is 2. The van der Waals surface area contributed by atoms with E-state index in [4.69, 9.17) is 0 Å². The van der Waals surface area contributed by atoms with Gasteiger partial charge in [-0.1, -0.05) is 42.5 Å². The lowest BCUT2D eigenvalue weighted by Gasteiger charge is -2.01. The molecule has 3 rings (SSSR count). The lowest BCUT2D eigenvalue weighted by molar-refractivity contribution is -0.109. The van der Waals surface area contributed by atoms with Crippen molar-refractivity contribution in [1.82, 2.24) is 0 Å². The van der Waals surface area contributed by atoms with Crippen molar-refractivity contribution in [1.29, 1.82) is 0 Å². The van der Waals surface area contributed by atoms with E-state index in [9.17, 15) is 14.7 Å². The second-order valence-corrected chi connectivity index (χ2v) is 4.32. The van der Waals surface area contributed by atoms with Crippen LogP contribution in [0.25, 0.3) is 11.6 Å². The number of carbonyl (C=O) groups is 2. The zero-order valence-electron chi connectivity index (χ0n) is 9.96. The first-order valence-corrected chi connectivity index (χ1v) is 5.86. The van der Waals surface area contributed by atoms with Crippen molar-refractivity contribution in [2.45, 2.75) is 0 Å². The summed E-state index contributed by atoms with van der Waals surface area (Å²) in [4.78, 5) is 23.8. The number of para-hydroxylation sites is 1. The van der Waals surface area contributed by atoms with Gasteiger partial charge >= 0.3 is 0 Å².